The van der Waals surface area contributed by atoms with Gasteiger partial charge in [-0.2, -0.15) is 0 Å². The Morgan fingerprint density at radius 1 is 1.17 bits per heavy atom. The van der Waals surface area contributed by atoms with Crippen LogP contribution in [0.4, 0.5) is 0 Å². The summed E-state index contributed by atoms with van der Waals surface area (Å²) in [5.74, 6) is -0.724. The van der Waals surface area contributed by atoms with Crippen LogP contribution in [0, 0.1) is 0 Å². The number of hydrogen-bond donors (Lipinski definition) is 0. The van der Waals surface area contributed by atoms with Gasteiger partial charge in [0.05, 0.1) is 11.1 Å². The summed E-state index contributed by atoms with van der Waals surface area (Å²) in [5, 5.41) is 1.12. The van der Waals surface area contributed by atoms with Crippen LogP contribution in [-0.2, 0) is 17.6 Å². The maximum Gasteiger partial charge on any atom is 0.338 e. The molecular weight excluding hydrogens is 380 g/mol. The number of aromatic nitrogens is 2. The molecule has 4 aromatic rings. The molecule has 1 aliphatic rings. The number of carbonyl (C=O) groups excluding carboxylic acids is 2. The number of aryl methyl sites for hydroxylation is 1. The van der Waals surface area contributed by atoms with E-state index in [-0.39, 0.29) is 5.91 Å². The molecule has 0 bridgehead atoms. The monoisotopic (exact) mass is 402 g/mol. The fourth-order valence-electron chi connectivity index (χ4n) is 4.38. The summed E-state index contributed by atoms with van der Waals surface area (Å²) in [4.78, 5) is 30.4. The number of ether oxygens (including phenoxy) is 1. The smallest absolute Gasteiger partial charge is 0.338 e. The molecule has 0 saturated carbocycles. The number of nitrogens with zero attached hydrogens (tertiary/aromatic N) is 2. The molecule has 1 unspecified atom stereocenters. The summed E-state index contributed by atoms with van der Waals surface area (Å²) >= 11 is 0. The van der Waals surface area contributed by atoms with Crippen molar-refractivity contribution in [3.05, 3.63) is 65.7 Å². The third-order valence-electron chi connectivity index (χ3n) is 5.86. The van der Waals surface area contributed by atoms with Gasteiger partial charge in [-0.15, -0.1) is 0 Å². The van der Waals surface area contributed by atoms with Gasteiger partial charge in [0.1, 0.15) is 5.52 Å². The molecule has 1 aliphatic carbocycles. The molecule has 2 heterocycles. The standard InChI is InChI=1S/C24H22N2O4/c1-2-21(30-24(28)15-11-12-22-18(13-15)25-14-29-22)23(27)26-19-9-5-3-7-16(19)17-8-4-6-10-20(17)26/h3,5,7,9,11-14,21H,2,4,6,8,10H2,1H3. The highest BCUT2D eigenvalue weighted by Crippen LogP contribution is 2.32. The van der Waals surface area contributed by atoms with Gasteiger partial charge in [-0.1, -0.05) is 25.1 Å². The zero-order chi connectivity index (χ0) is 20.7. The lowest BCUT2D eigenvalue weighted by atomic mass is 9.95. The number of esters is 1. The number of para-hydroxylation sites is 1. The quantitative estimate of drug-likeness (QED) is 0.452. The Balaban J connectivity index is 1.48. The van der Waals surface area contributed by atoms with Crippen molar-refractivity contribution in [3.8, 4) is 0 Å². The lowest BCUT2D eigenvalue weighted by Gasteiger charge is -2.20. The largest absolute Gasteiger partial charge is 0.449 e. The van der Waals surface area contributed by atoms with Crippen LogP contribution in [0.25, 0.3) is 22.0 Å². The molecule has 0 N–H and O–H groups in total. The molecule has 6 heteroatoms. The van der Waals surface area contributed by atoms with Crippen LogP contribution in [0.3, 0.4) is 0 Å². The van der Waals surface area contributed by atoms with Crippen LogP contribution in [0.2, 0.25) is 0 Å². The van der Waals surface area contributed by atoms with Gasteiger partial charge < -0.3 is 9.15 Å². The first-order valence-electron chi connectivity index (χ1n) is 10.4. The van der Waals surface area contributed by atoms with Gasteiger partial charge in [-0.25, -0.2) is 9.78 Å². The molecule has 0 aliphatic heterocycles. The van der Waals surface area contributed by atoms with Crippen LogP contribution in [0.5, 0.6) is 0 Å². The summed E-state index contributed by atoms with van der Waals surface area (Å²) in [6.45, 7) is 1.86. The molecule has 2 aromatic carbocycles. The van der Waals surface area contributed by atoms with E-state index >= 15 is 0 Å². The predicted octanol–water partition coefficient (Wildman–Crippen LogP) is 4.94. The Labute approximate surface area is 173 Å². The van der Waals surface area contributed by atoms with Crippen molar-refractivity contribution in [1.29, 1.82) is 0 Å². The van der Waals surface area contributed by atoms with E-state index in [1.165, 1.54) is 12.0 Å². The lowest BCUT2D eigenvalue weighted by Crippen LogP contribution is -2.32. The van der Waals surface area contributed by atoms with Crippen molar-refractivity contribution < 1.29 is 18.7 Å². The Kier molecular flexibility index (Phi) is 4.62. The predicted molar refractivity (Wildman–Crippen MR) is 113 cm³/mol. The summed E-state index contributed by atoms with van der Waals surface area (Å²) in [7, 11) is 0. The highest BCUT2D eigenvalue weighted by atomic mass is 16.5. The average molecular weight is 402 g/mol. The van der Waals surface area contributed by atoms with E-state index in [9.17, 15) is 9.59 Å². The first-order valence-corrected chi connectivity index (χ1v) is 10.4. The van der Waals surface area contributed by atoms with E-state index in [2.05, 4.69) is 11.1 Å². The van der Waals surface area contributed by atoms with Gasteiger partial charge in [-0.05, 0) is 61.9 Å². The molecule has 0 saturated heterocycles. The van der Waals surface area contributed by atoms with Gasteiger partial charge in [0.2, 0.25) is 0 Å². The first kappa shape index (κ1) is 18.6. The average Bonchev–Trinajstić information content (AvgIpc) is 3.38. The fraction of sp³-hybridized carbons (Fsp3) is 0.292. The Morgan fingerprint density at radius 3 is 2.87 bits per heavy atom. The second-order valence-corrected chi connectivity index (χ2v) is 7.66. The molecule has 2 aromatic heterocycles. The molecule has 1 atom stereocenters. The summed E-state index contributed by atoms with van der Waals surface area (Å²) in [6.07, 6.45) is 4.91. The summed E-state index contributed by atoms with van der Waals surface area (Å²) in [6, 6.07) is 12.9. The van der Waals surface area contributed by atoms with Crippen LogP contribution in [0.15, 0.2) is 53.3 Å². The highest BCUT2D eigenvalue weighted by molar-refractivity contribution is 6.00. The lowest BCUT2D eigenvalue weighted by molar-refractivity contribution is 0.0241. The Hall–Kier alpha value is -3.41. The second-order valence-electron chi connectivity index (χ2n) is 7.66. The van der Waals surface area contributed by atoms with E-state index < -0.39 is 12.1 Å². The Bertz CT molecular complexity index is 1270. The van der Waals surface area contributed by atoms with Crippen molar-refractivity contribution in [2.75, 3.05) is 0 Å². The van der Waals surface area contributed by atoms with E-state index in [1.807, 2.05) is 25.1 Å². The number of carbonyl (C=O) groups is 2. The first-order chi connectivity index (χ1) is 14.7. The van der Waals surface area contributed by atoms with Crippen molar-refractivity contribution in [2.24, 2.45) is 0 Å². The minimum Gasteiger partial charge on any atom is -0.449 e. The molecular formula is C24H22N2O4. The number of rotatable bonds is 4. The molecule has 0 amide bonds. The molecule has 152 valence electrons. The van der Waals surface area contributed by atoms with Crippen molar-refractivity contribution in [1.82, 2.24) is 9.55 Å². The van der Waals surface area contributed by atoms with E-state index in [0.717, 1.165) is 42.3 Å². The number of fused-ring (bicyclic) bond motifs is 4. The summed E-state index contributed by atoms with van der Waals surface area (Å²) in [5.41, 5.74) is 4.73. The molecule has 5 rings (SSSR count). The highest BCUT2D eigenvalue weighted by Gasteiger charge is 2.29. The van der Waals surface area contributed by atoms with Crippen LogP contribution < -0.4 is 0 Å². The minimum absolute atomic E-state index is 0.187. The fourth-order valence-corrected chi connectivity index (χ4v) is 4.38. The van der Waals surface area contributed by atoms with Crippen LogP contribution >= 0.6 is 0 Å². The molecule has 0 fully saturated rings. The number of oxazole rings is 1. The zero-order valence-electron chi connectivity index (χ0n) is 16.8. The van der Waals surface area contributed by atoms with Crippen molar-refractivity contribution in [3.63, 3.8) is 0 Å². The van der Waals surface area contributed by atoms with Crippen molar-refractivity contribution >= 4 is 33.9 Å². The van der Waals surface area contributed by atoms with E-state index in [4.69, 9.17) is 9.15 Å². The van der Waals surface area contributed by atoms with Gasteiger partial charge in [-0.3, -0.25) is 9.36 Å². The third-order valence-corrected chi connectivity index (χ3v) is 5.86. The second kappa shape index (κ2) is 7.44. The maximum absolute atomic E-state index is 13.5. The third kappa shape index (κ3) is 3.00. The zero-order valence-corrected chi connectivity index (χ0v) is 16.8. The number of benzene rings is 2. The van der Waals surface area contributed by atoms with Crippen LogP contribution in [-0.4, -0.2) is 27.5 Å². The molecule has 30 heavy (non-hydrogen) atoms. The SMILES string of the molecule is CCC(OC(=O)c1ccc2ocnc2c1)C(=O)n1c2c(c3ccccc31)CCCC2. The van der Waals surface area contributed by atoms with Gasteiger partial charge in [0, 0.05) is 11.1 Å². The maximum atomic E-state index is 13.5. The minimum atomic E-state index is -0.854. The van der Waals surface area contributed by atoms with E-state index in [1.54, 1.807) is 22.8 Å². The Morgan fingerprint density at radius 2 is 2.00 bits per heavy atom. The normalized spacial score (nSPS) is 14.6. The van der Waals surface area contributed by atoms with Gasteiger partial charge >= 0.3 is 5.97 Å². The van der Waals surface area contributed by atoms with E-state index in [0.29, 0.717) is 23.1 Å². The molecule has 0 radical (unpaired) electrons. The molecule has 6 nitrogen and oxygen atoms in total. The number of hydrogen-bond acceptors (Lipinski definition) is 5. The van der Waals surface area contributed by atoms with Gasteiger partial charge in [0.15, 0.2) is 18.1 Å². The molecule has 0 spiro atoms. The topological polar surface area (TPSA) is 74.3 Å². The van der Waals surface area contributed by atoms with Gasteiger partial charge in [0.25, 0.3) is 5.91 Å². The van der Waals surface area contributed by atoms with Crippen molar-refractivity contribution in [2.45, 2.75) is 45.1 Å². The van der Waals surface area contributed by atoms with Crippen LogP contribution in [0.1, 0.15) is 52.6 Å². The summed E-state index contributed by atoms with van der Waals surface area (Å²) < 4.78 is 12.7.